The van der Waals surface area contributed by atoms with E-state index in [9.17, 15) is 9.59 Å². The number of ketones is 1. The van der Waals surface area contributed by atoms with E-state index in [1.165, 1.54) is 37.1 Å². The van der Waals surface area contributed by atoms with E-state index in [1.807, 2.05) is 32.0 Å². The maximum Gasteiger partial charge on any atom is 0.316 e. The van der Waals surface area contributed by atoms with E-state index in [1.54, 1.807) is 18.2 Å². The van der Waals surface area contributed by atoms with Gasteiger partial charge in [0.1, 0.15) is 11.5 Å². The largest absolute Gasteiger partial charge is 0.497 e. The molecule has 0 heterocycles. The monoisotopic (exact) mass is 374 g/mol. The van der Waals surface area contributed by atoms with Crippen LogP contribution in [0.15, 0.2) is 41.3 Å². The Balaban J connectivity index is 1.88. The number of benzene rings is 2. The molecule has 0 aromatic heterocycles. The first kappa shape index (κ1) is 19.8. The average molecular weight is 374 g/mol. The Labute approximate surface area is 157 Å². The zero-order valence-electron chi connectivity index (χ0n) is 15.3. The van der Waals surface area contributed by atoms with Crippen LogP contribution in [-0.4, -0.2) is 38.3 Å². The van der Waals surface area contributed by atoms with E-state index in [0.717, 1.165) is 4.90 Å². The molecule has 6 heteroatoms. The van der Waals surface area contributed by atoms with Gasteiger partial charge in [0.2, 0.25) is 5.78 Å². The van der Waals surface area contributed by atoms with Crippen LogP contribution in [0.3, 0.4) is 0 Å². The number of thioether (sulfide) groups is 1. The van der Waals surface area contributed by atoms with Crippen LogP contribution in [0.1, 0.15) is 21.5 Å². The Morgan fingerprint density at radius 2 is 1.73 bits per heavy atom. The molecule has 0 aliphatic carbocycles. The molecule has 0 aliphatic rings. The minimum absolute atomic E-state index is 0.148. The van der Waals surface area contributed by atoms with Gasteiger partial charge in [-0.3, -0.25) is 9.59 Å². The fraction of sp³-hybridized carbons (Fsp3) is 0.300. The van der Waals surface area contributed by atoms with Gasteiger partial charge < -0.3 is 14.2 Å². The maximum atomic E-state index is 12.3. The second-order valence-electron chi connectivity index (χ2n) is 5.68. The van der Waals surface area contributed by atoms with Crippen molar-refractivity contribution in [2.75, 3.05) is 26.6 Å². The molecule has 2 rings (SSSR count). The van der Waals surface area contributed by atoms with Crippen LogP contribution >= 0.6 is 11.8 Å². The van der Waals surface area contributed by atoms with Gasteiger partial charge in [-0.2, -0.15) is 0 Å². The second-order valence-corrected chi connectivity index (χ2v) is 6.73. The third kappa shape index (κ3) is 5.26. The third-order valence-electron chi connectivity index (χ3n) is 3.91. The number of esters is 1. The van der Waals surface area contributed by atoms with Crippen molar-refractivity contribution in [3.63, 3.8) is 0 Å². The van der Waals surface area contributed by atoms with Crippen molar-refractivity contribution in [2.24, 2.45) is 0 Å². The normalized spacial score (nSPS) is 10.3. The molecule has 0 radical (unpaired) electrons. The first-order valence-electron chi connectivity index (χ1n) is 8.05. The summed E-state index contributed by atoms with van der Waals surface area (Å²) in [5.74, 6) is 0.355. The zero-order chi connectivity index (χ0) is 19.1. The number of Topliss-reactive ketones (excluding diaryl/α,β-unsaturated/α-hetero) is 1. The molecule has 0 N–H and O–H groups in total. The smallest absolute Gasteiger partial charge is 0.316 e. The molecule has 0 bridgehead atoms. The molecular formula is C20H22O5S. The van der Waals surface area contributed by atoms with Gasteiger partial charge in [-0.15, -0.1) is 11.8 Å². The molecular weight excluding hydrogens is 352 g/mol. The van der Waals surface area contributed by atoms with Crippen molar-refractivity contribution >= 4 is 23.5 Å². The highest BCUT2D eigenvalue weighted by molar-refractivity contribution is 8.00. The lowest BCUT2D eigenvalue weighted by molar-refractivity contribution is -0.139. The third-order valence-corrected chi connectivity index (χ3v) is 4.88. The SMILES string of the molecule is COc1ccc(C(=O)COC(=O)CSc2ccc(C)c(C)c2)c(OC)c1. The number of hydrogen-bond donors (Lipinski definition) is 0. The van der Waals surface area contributed by atoms with Crippen LogP contribution in [-0.2, 0) is 9.53 Å². The number of rotatable bonds is 8. The fourth-order valence-corrected chi connectivity index (χ4v) is 3.03. The lowest BCUT2D eigenvalue weighted by Gasteiger charge is -2.10. The van der Waals surface area contributed by atoms with Gasteiger partial charge in [0, 0.05) is 11.0 Å². The van der Waals surface area contributed by atoms with Crippen molar-refractivity contribution < 1.29 is 23.8 Å². The van der Waals surface area contributed by atoms with Crippen molar-refractivity contribution in [1.82, 2.24) is 0 Å². The number of hydrogen-bond acceptors (Lipinski definition) is 6. The minimum Gasteiger partial charge on any atom is -0.497 e. The standard InChI is InChI=1S/C20H22O5S/c1-13-5-7-16(9-14(13)2)26-12-20(22)25-11-18(21)17-8-6-15(23-3)10-19(17)24-4/h5-10H,11-12H2,1-4H3. The maximum absolute atomic E-state index is 12.3. The van der Waals surface area contributed by atoms with Crippen LogP contribution in [0, 0.1) is 13.8 Å². The van der Waals surface area contributed by atoms with Crippen LogP contribution in [0.25, 0.3) is 0 Å². The predicted octanol–water partition coefficient (Wildman–Crippen LogP) is 3.84. The molecule has 0 saturated heterocycles. The van der Waals surface area contributed by atoms with Crippen molar-refractivity contribution in [2.45, 2.75) is 18.7 Å². The number of aryl methyl sites for hydroxylation is 2. The Morgan fingerprint density at radius 1 is 0.962 bits per heavy atom. The predicted molar refractivity (Wildman–Crippen MR) is 101 cm³/mol. The van der Waals surface area contributed by atoms with Crippen molar-refractivity contribution in [1.29, 1.82) is 0 Å². The summed E-state index contributed by atoms with van der Waals surface area (Å²) in [6.07, 6.45) is 0. The molecule has 0 saturated carbocycles. The Hall–Kier alpha value is -2.47. The topological polar surface area (TPSA) is 61.8 Å². The highest BCUT2D eigenvalue weighted by Crippen LogP contribution is 2.25. The number of carbonyl (C=O) groups excluding carboxylic acids is 2. The highest BCUT2D eigenvalue weighted by atomic mass is 32.2. The lowest BCUT2D eigenvalue weighted by Crippen LogP contribution is -2.16. The summed E-state index contributed by atoms with van der Waals surface area (Å²) in [6, 6.07) is 10.9. The summed E-state index contributed by atoms with van der Waals surface area (Å²) in [6.45, 7) is 3.74. The summed E-state index contributed by atoms with van der Waals surface area (Å²) in [4.78, 5) is 25.2. The van der Waals surface area contributed by atoms with Crippen LogP contribution in [0.5, 0.6) is 11.5 Å². The first-order chi connectivity index (χ1) is 12.4. The zero-order valence-corrected chi connectivity index (χ0v) is 16.1. The molecule has 2 aromatic rings. The van der Waals surface area contributed by atoms with Crippen LogP contribution in [0.2, 0.25) is 0 Å². The van der Waals surface area contributed by atoms with Crippen LogP contribution < -0.4 is 9.47 Å². The summed E-state index contributed by atoms with van der Waals surface area (Å²) >= 11 is 1.38. The number of methoxy groups -OCH3 is 2. The molecule has 0 fully saturated rings. The van der Waals surface area contributed by atoms with E-state index in [0.29, 0.717) is 17.1 Å². The van der Waals surface area contributed by atoms with E-state index in [2.05, 4.69) is 0 Å². The van der Waals surface area contributed by atoms with Crippen molar-refractivity contribution in [3.05, 3.63) is 53.1 Å². The fourth-order valence-electron chi connectivity index (χ4n) is 2.24. The molecule has 2 aromatic carbocycles. The van der Waals surface area contributed by atoms with E-state index >= 15 is 0 Å². The summed E-state index contributed by atoms with van der Waals surface area (Å²) in [5, 5.41) is 0. The summed E-state index contributed by atoms with van der Waals surface area (Å²) in [5.41, 5.74) is 2.73. The summed E-state index contributed by atoms with van der Waals surface area (Å²) in [7, 11) is 3.00. The highest BCUT2D eigenvalue weighted by Gasteiger charge is 2.15. The first-order valence-corrected chi connectivity index (χ1v) is 9.04. The number of ether oxygens (including phenoxy) is 3. The van der Waals surface area contributed by atoms with Crippen molar-refractivity contribution in [3.8, 4) is 11.5 Å². The van der Waals surface area contributed by atoms with Gasteiger partial charge in [0.15, 0.2) is 6.61 Å². The van der Waals surface area contributed by atoms with Gasteiger partial charge in [-0.25, -0.2) is 0 Å². The minimum atomic E-state index is -0.436. The Morgan fingerprint density at radius 3 is 2.38 bits per heavy atom. The molecule has 0 unspecified atom stereocenters. The van der Waals surface area contributed by atoms with Gasteiger partial charge in [0.25, 0.3) is 0 Å². The molecule has 26 heavy (non-hydrogen) atoms. The molecule has 5 nitrogen and oxygen atoms in total. The lowest BCUT2D eigenvalue weighted by atomic mass is 10.1. The van der Waals surface area contributed by atoms with Gasteiger partial charge in [-0.05, 0) is 49.2 Å². The average Bonchev–Trinajstić information content (AvgIpc) is 2.66. The Kier molecular flexibility index (Phi) is 7.09. The van der Waals surface area contributed by atoms with E-state index < -0.39 is 5.97 Å². The molecule has 0 spiro atoms. The summed E-state index contributed by atoms with van der Waals surface area (Å²) < 4.78 is 15.4. The molecule has 0 atom stereocenters. The van der Waals surface area contributed by atoms with Crippen LogP contribution in [0.4, 0.5) is 0 Å². The van der Waals surface area contributed by atoms with Gasteiger partial charge in [-0.1, -0.05) is 6.07 Å². The second kappa shape index (κ2) is 9.29. The quantitative estimate of drug-likeness (QED) is 0.397. The van der Waals surface area contributed by atoms with Gasteiger partial charge >= 0.3 is 5.97 Å². The molecule has 138 valence electrons. The molecule has 0 aliphatic heterocycles. The Bertz CT molecular complexity index is 801. The van der Waals surface area contributed by atoms with E-state index in [-0.39, 0.29) is 18.1 Å². The molecule has 0 amide bonds. The number of carbonyl (C=O) groups is 2. The van der Waals surface area contributed by atoms with E-state index in [4.69, 9.17) is 14.2 Å². The van der Waals surface area contributed by atoms with Gasteiger partial charge in [0.05, 0.1) is 25.5 Å².